The summed E-state index contributed by atoms with van der Waals surface area (Å²) < 4.78 is 4.69. The Kier molecular flexibility index (Phi) is 4.34. The molecule has 0 spiro atoms. The molecule has 0 bridgehead atoms. The van der Waals surface area contributed by atoms with E-state index >= 15 is 0 Å². The lowest BCUT2D eigenvalue weighted by Crippen LogP contribution is -2.12. The molecule has 3 heteroatoms. The van der Waals surface area contributed by atoms with E-state index in [4.69, 9.17) is 5.11 Å². The van der Waals surface area contributed by atoms with Crippen molar-refractivity contribution in [2.45, 2.75) is 20.8 Å². The Morgan fingerprint density at radius 1 is 1.64 bits per heavy atom. The summed E-state index contributed by atoms with van der Waals surface area (Å²) in [5.41, 5.74) is 0.312. The van der Waals surface area contributed by atoms with Gasteiger partial charge in [-0.3, -0.25) is 0 Å². The van der Waals surface area contributed by atoms with Gasteiger partial charge in [0.15, 0.2) is 0 Å². The molecule has 0 aliphatic rings. The number of aliphatic hydroxyl groups excluding tert-OH is 1. The molecule has 0 aromatic heterocycles. The van der Waals surface area contributed by atoms with E-state index < -0.39 is 5.97 Å². The molecule has 0 aromatic rings. The molecule has 0 saturated carbocycles. The Morgan fingerprint density at radius 2 is 2.18 bits per heavy atom. The van der Waals surface area contributed by atoms with Crippen LogP contribution in [-0.4, -0.2) is 17.7 Å². The summed E-state index contributed by atoms with van der Waals surface area (Å²) in [6.45, 7) is 5.70. The zero-order valence-electron chi connectivity index (χ0n) is 7.13. The average molecular weight is 158 g/mol. The van der Waals surface area contributed by atoms with Crippen molar-refractivity contribution in [1.29, 1.82) is 0 Å². The van der Waals surface area contributed by atoms with Crippen LogP contribution in [-0.2, 0) is 9.53 Å². The number of esters is 1. The number of hydrogen-bond donors (Lipinski definition) is 1. The van der Waals surface area contributed by atoms with Gasteiger partial charge in [-0.1, -0.05) is 13.8 Å². The molecule has 0 heterocycles. The van der Waals surface area contributed by atoms with Gasteiger partial charge in [0.1, 0.15) is 0 Å². The molecule has 11 heavy (non-hydrogen) atoms. The molecule has 0 aliphatic carbocycles. The molecule has 0 amide bonds. The number of aliphatic hydroxyl groups is 1. The first kappa shape index (κ1) is 10.0. The minimum Gasteiger partial charge on any atom is -0.515 e. The fraction of sp³-hybridized carbons (Fsp3) is 0.625. The maximum absolute atomic E-state index is 11.0. The molecule has 0 atom stereocenters. The molecular weight excluding hydrogens is 144 g/mol. The average Bonchev–Trinajstić information content (AvgIpc) is 1.88. The largest absolute Gasteiger partial charge is 0.515 e. The standard InChI is InChI=1S/C8H14O3/c1-4-11-8(10)7(5-9)6(2)3/h5-6,9H,4H2,1-3H3. The van der Waals surface area contributed by atoms with Gasteiger partial charge in [-0.05, 0) is 12.8 Å². The first-order chi connectivity index (χ1) is 5.13. The predicted molar refractivity (Wildman–Crippen MR) is 42.2 cm³/mol. The summed E-state index contributed by atoms with van der Waals surface area (Å²) in [4.78, 5) is 11.0. The van der Waals surface area contributed by atoms with Crippen molar-refractivity contribution in [3.8, 4) is 0 Å². The molecule has 64 valence electrons. The number of hydrogen-bond acceptors (Lipinski definition) is 3. The van der Waals surface area contributed by atoms with Gasteiger partial charge in [0.05, 0.1) is 18.4 Å². The highest BCUT2D eigenvalue weighted by Crippen LogP contribution is 2.09. The van der Waals surface area contributed by atoms with Crippen LogP contribution in [0, 0.1) is 5.92 Å². The van der Waals surface area contributed by atoms with Crippen molar-refractivity contribution in [2.24, 2.45) is 5.92 Å². The van der Waals surface area contributed by atoms with E-state index in [1.54, 1.807) is 6.92 Å². The van der Waals surface area contributed by atoms with Crippen LogP contribution in [0.15, 0.2) is 11.8 Å². The maximum atomic E-state index is 11.0. The molecule has 0 unspecified atom stereocenters. The zero-order chi connectivity index (χ0) is 8.85. The third-order valence-corrected chi connectivity index (χ3v) is 1.27. The van der Waals surface area contributed by atoms with Crippen molar-refractivity contribution in [2.75, 3.05) is 6.61 Å². The Labute approximate surface area is 66.7 Å². The molecule has 0 aliphatic heterocycles. The lowest BCUT2D eigenvalue weighted by molar-refractivity contribution is -0.139. The Hall–Kier alpha value is -0.990. The second-order valence-electron chi connectivity index (χ2n) is 2.46. The molecule has 0 aromatic carbocycles. The second-order valence-corrected chi connectivity index (χ2v) is 2.46. The Morgan fingerprint density at radius 3 is 2.45 bits per heavy atom. The van der Waals surface area contributed by atoms with Gasteiger partial charge in [-0.15, -0.1) is 0 Å². The number of ether oxygens (including phenoxy) is 1. The smallest absolute Gasteiger partial charge is 0.337 e. The van der Waals surface area contributed by atoms with Gasteiger partial charge in [0.25, 0.3) is 0 Å². The van der Waals surface area contributed by atoms with E-state index in [1.165, 1.54) is 0 Å². The summed E-state index contributed by atoms with van der Waals surface area (Å²) in [5, 5.41) is 8.63. The van der Waals surface area contributed by atoms with E-state index in [-0.39, 0.29) is 5.92 Å². The summed E-state index contributed by atoms with van der Waals surface area (Å²) in [6, 6.07) is 0. The molecule has 0 saturated heterocycles. The first-order valence-electron chi connectivity index (χ1n) is 3.64. The highest BCUT2D eigenvalue weighted by atomic mass is 16.5. The van der Waals surface area contributed by atoms with Gasteiger partial charge in [-0.25, -0.2) is 4.79 Å². The van der Waals surface area contributed by atoms with Crippen molar-refractivity contribution in [3.63, 3.8) is 0 Å². The predicted octanol–water partition coefficient (Wildman–Crippen LogP) is 1.65. The van der Waals surface area contributed by atoms with E-state index in [9.17, 15) is 4.79 Å². The summed E-state index contributed by atoms with van der Waals surface area (Å²) in [7, 11) is 0. The maximum Gasteiger partial charge on any atom is 0.337 e. The first-order valence-corrected chi connectivity index (χ1v) is 3.64. The third kappa shape index (κ3) is 3.07. The van der Waals surface area contributed by atoms with Crippen molar-refractivity contribution in [1.82, 2.24) is 0 Å². The SMILES string of the molecule is CCOC(=O)C(=CO)C(C)C. The van der Waals surface area contributed by atoms with E-state index in [0.717, 1.165) is 6.26 Å². The van der Waals surface area contributed by atoms with Crippen LogP contribution in [0.4, 0.5) is 0 Å². The van der Waals surface area contributed by atoms with Crippen LogP contribution in [0.5, 0.6) is 0 Å². The van der Waals surface area contributed by atoms with Gasteiger partial charge >= 0.3 is 5.97 Å². The minimum atomic E-state index is -0.440. The van der Waals surface area contributed by atoms with Crippen LogP contribution in [0.1, 0.15) is 20.8 Å². The lowest BCUT2D eigenvalue weighted by Gasteiger charge is -2.07. The number of carbonyl (C=O) groups is 1. The van der Waals surface area contributed by atoms with Gasteiger partial charge in [-0.2, -0.15) is 0 Å². The summed E-state index contributed by atoms with van der Waals surface area (Å²) in [5.74, 6) is -0.441. The van der Waals surface area contributed by atoms with Crippen molar-refractivity contribution in [3.05, 3.63) is 11.8 Å². The van der Waals surface area contributed by atoms with Gasteiger partial charge in [0.2, 0.25) is 0 Å². The Balaban J connectivity index is 4.17. The Bertz CT molecular complexity index is 159. The highest BCUT2D eigenvalue weighted by Gasteiger charge is 2.13. The molecule has 0 rings (SSSR count). The van der Waals surface area contributed by atoms with Crippen LogP contribution in [0.25, 0.3) is 0 Å². The quantitative estimate of drug-likeness (QED) is 0.386. The molecular formula is C8H14O3. The number of carbonyl (C=O) groups excluding carboxylic acids is 1. The summed E-state index contributed by atoms with van der Waals surface area (Å²) >= 11 is 0. The fourth-order valence-corrected chi connectivity index (χ4v) is 0.652. The van der Waals surface area contributed by atoms with E-state index in [1.807, 2.05) is 13.8 Å². The van der Waals surface area contributed by atoms with E-state index in [2.05, 4.69) is 4.74 Å². The highest BCUT2D eigenvalue weighted by molar-refractivity contribution is 5.88. The second kappa shape index (κ2) is 4.77. The molecule has 0 radical (unpaired) electrons. The zero-order valence-corrected chi connectivity index (χ0v) is 7.13. The molecule has 3 nitrogen and oxygen atoms in total. The lowest BCUT2D eigenvalue weighted by atomic mass is 10.1. The molecule has 1 N–H and O–H groups in total. The fourth-order valence-electron chi connectivity index (χ4n) is 0.652. The van der Waals surface area contributed by atoms with Crippen LogP contribution < -0.4 is 0 Å². The monoisotopic (exact) mass is 158 g/mol. The van der Waals surface area contributed by atoms with Crippen LogP contribution >= 0.6 is 0 Å². The van der Waals surface area contributed by atoms with Crippen molar-refractivity contribution >= 4 is 5.97 Å². The normalized spacial score (nSPS) is 11.8. The van der Waals surface area contributed by atoms with Crippen LogP contribution in [0.2, 0.25) is 0 Å². The van der Waals surface area contributed by atoms with Gasteiger partial charge < -0.3 is 9.84 Å². The van der Waals surface area contributed by atoms with Crippen LogP contribution in [0.3, 0.4) is 0 Å². The third-order valence-electron chi connectivity index (χ3n) is 1.27. The minimum absolute atomic E-state index is 0.000880. The topological polar surface area (TPSA) is 46.5 Å². The summed E-state index contributed by atoms with van der Waals surface area (Å²) in [6.07, 6.45) is 0.808. The van der Waals surface area contributed by atoms with Crippen molar-refractivity contribution < 1.29 is 14.6 Å². The van der Waals surface area contributed by atoms with E-state index in [0.29, 0.717) is 12.2 Å². The number of rotatable bonds is 3. The van der Waals surface area contributed by atoms with Gasteiger partial charge in [0, 0.05) is 0 Å². The molecule has 0 fully saturated rings.